The van der Waals surface area contributed by atoms with E-state index >= 15 is 0 Å². The van der Waals surface area contributed by atoms with Crippen LogP contribution in [0.3, 0.4) is 0 Å². The zero-order valence-electron chi connectivity index (χ0n) is 12.0. The second-order valence-electron chi connectivity index (χ2n) is 4.64. The van der Waals surface area contributed by atoms with E-state index in [4.69, 9.17) is 15.2 Å². The minimum Gasteiger partial charge on any atom is -0.493 e. The SMILES string of the molecule is C=CCCCOc1ccc(CC(N)CC)cc1OC. The molecule has 0 heterocycles. The van der Waals surface area contributed by atoms with E-state index in [1.165, 1.54) is 5.56 Å². The van der Waals surface area contributed by atoms with E-state index in [1.807, 2.05) is 18.2 Å². The molecule has 0 amide bonds. The zero-order chi connectivity index (χ0) is 14.1. The van der Waals surface area contributed by atoms with E-state index in [-0.39, 0.29) is 6.04 Å². The largest absolute Gasteiger partial charge is 0.493 e. The second kappa shape index (κ2) is 8.59. The molecule has 0 aliphatic heterocycles. The molecule has 0 aliphatic carbocycles. The predicted octanol–water partition coefficient (Wildman–Crippen LogP) is 3.32. The van der Waals surface area contributed by atoms with Gasteiger partial charge in [0.25, 0.3) is 0 Å². The normalized spacial score (nSPS) is 11.9. The van der Waals surface area contributed by atoms with Crippen LogP contribution in [0.5, 0.6) is 11.5 Å². The third-order valence-corrected chi connectivity index (χ3v) is 3.06. The molecule has 106 valence electrons. The molecule has 1 unspecified atom stereocenters. The molecule has 0 radical (unpaired) electrons. The fourth-order valence-corrected chi connectivity index (χ4v) is 1.82. The highest BCUT2D eigenvalue weighted by Gasteiger charge is 2.08. The van der Waals surface area contributed by atoms with E-state index in [9.17, 15) is 0 Å². The highest BCUT2D eigenvalue weighted by atomic mass is 16.5. The van der Waals surface area contributed by atoms with E-state index in [1.54, 1.807) is 7.11 Å². The summed E-state index contributed by atoms with van der Waals surface area (Å²) in [5, 5.41) is 0. The van der Waals surface area contributed by atoms with Gasteiger partial charge in [-0.2, -0.15) is 0 Å². The fraction of sp³-hybridized carbons (Fsp3) is 0.500. The number of unbranched alkanes of at least 4 members (excludes halogenated alkanes) is 1. The lowest BCUT2D eigenvalue weighted by Crippen LogP contribution is -2.21. The maximum atomic E-state index is 5.97. The van der Waals surface area contributed by atoms with E-state index in [0.717, 1.165) is 37.2 Å². The van der Waals surface area contributed by atoms with Crippen LogP contribution in [0.25, 0.3) is 0 Å². The van der Waals surface area contributed by atoms with Gasteiger partial charge in [0.2, 0.25) is 0 Å². The Hall–Kier alpha value is -1.48. The Morgan fingerprint density at radius 3 is 2.79 bits per heavy atom. The summed E-state index contributed by atoms with van der Waals surface area (Å²) in [6.45, 7) is 6.47. The molecule has 1 rings (SSSR count). The van der Waals surface area contributed by atoms with Crippen LogP contribution in [0, 0.1) is 0 Å². The van der Waals surface area contributed by atoms with Crippen molar-refractivity contribution in [2.45, 2.75) is 38.6 Å². The van der Waals surface area contributed by atoms with Gasteiger partial charge in [0, 0.05) is 6.04 Å². The molecule has 3 heteroatoms. The Labute approximate surface area is 116 Å². The lowest BCUT2D eigenvalue weighted by atomic mass is 10.0. The first-order chi connectivity index (χ1) is 9.21. The summed E-state index contributed by atoms with van der Waals surface area (Å²) >= 11 is 0. The summed E-state index contributed by atoms with van der Waals surface area (Å²) in [4.78, 5) is 0. The number of hydrogen-bond acceptors (Lipinski definition) is 3. The summed E-state index contributed by atoms with van der Waals surface area (Å²) in [5.74, 6) is 1.57. The van der Waals surface area contributed by atoms with Crippen molar-refractivity contribution in [1.82, 2.24) is 0 Å². The molecule has 1 aromatic carbocycles. The molecule has 2 N–H and O–H groups in total. The summed E-state index contributed by atoms with van der Waals surface area (Å²) in [6, 6.07) is 6.23. The minimum absolute atomic E-state index is 0.198. The molecule has 0 aromatic heterocycles. The van der Waals surface area contributed by atoms with Gasteiger partial charge in [-0.15, -0.1) is 6.58 Å². The van der Waals surface area contributed by atoms with Crippen LogP contribution >= 0.6 is 0 Å². The predicted molar refractivity (Wildman–Crippen MR) is 79.9 cm³/mol. The Bertz CT molecular complexity index is 390. The smallest absolute Gasteiger partial charge is 0.161 e. The molecule has 3 nitrogen and oxygen atoms in total. The van der Waals surface area contributed by atoms with Gasteiger partial charge in [0.1, 0.15) is 0 Å². The quantitative estimate of drug-likeness (QED) is 0.549. The van der Waals surface area contributed by atoms with Gasteiger partial charge in [-0.25, -0.2) is 0 Å². The number of allylic oxidation sites excluding steroid dienone is 1. The molecule has 0 saturated heterocycles. The third kappa shape index (κ3) is 5.35. The van der Waals surface area contributed by atoms with Gasteiger partial charge in [0.15, 0.2) is 11.5 Å². The average Bonchev–Trinajstić information content (AvgIpc) is 2.44. The molecular weight excluding hydrogens is 238 g/mol. The van der Waals surface area contributed by atoms with Crippen molar-refractivity contribution in [1.29, 1.82) is 0 Å². The summed E-state index contributed by atoms with van der Waals surface area (Å²) in [7, 11) is 1.66. The van der Waals surface area contributed by atoms with Crippen LogP contribution in [0.4, 0.5) is 0 Å². The second-order valence-corrected chi connectivity index (χ2v) is 4.64. The van der Waals surface area contributed by atoms with Gasteiger partial charge in [-0.3, -0.25) is 0 Å². The van der Waals surface area contributed by atoms with Crippen LogP contribution in [0.2, 0.25) is 0 Å². The van der Waals surface area contributed by atoms with Crippen LogP contribution in [0.15, 0.2) is 30.9 Å². The van der Waals surface area contributed by atoms with E-state index in [0.29, 0.717) is 6.61 Å². The molecule has 0 spiro atoms. The van der Waals surface area contributed by atoms with Gasteiger partial charge in [-0.05, 0) is 43.4 Å². The first-order valence-corrected chi connectivity index (χ1v) is 6.87. The Kier molecular flexibility index (Phi) is 7.04. The number of nitrogens with two attached hydrogens (primary N) is 1. The zero-order valence-corrected chi connectivity index (χ0v) is 12.0. The number of benzene rings is 1. The van der Waals surface area contributed by atoms with Crippen molar-refractivity contribution >= 4 is 0 Å². The van der Waals surface area contributed by atoms with Crippen LogP contribution in [-0.2, 0) is 6.42 Å². The Balaban J connectivity index is 2.64. The minimum atomic E-state index is 0.198. The van der Waals surface area contributed by atoms with Crippen molar-refractivity contribution in [2.75, 3.05) is 13.7 Å². The van der Waals surface area contributed by atoms with Gasteiger partial charge >= 0.3 is 0 Å². The van der Waals surface area contributed by atoms with Crippen LogP contribution in [-0.4, -0.2) is 19.8 Å². The standard InChI is InChI=1S/C16H25NO2/c1-4-6-7-10-19-15-9-8-13(11-14(17)5-2)12-16(15)18-3/h4,8-9,12,14H,1,5-7,10-11,17H2,2-3H3. The van der Waals surface area contributed by atoms with Crippen molar-refractivity contribution in [3.8, 4) is 11.5 Å². The molecular formula is C16H25NO2. The lowest BCUT2D eigenvalue weighted by molar-refractivity contribution is 0.290. The molecule has 0 aliphatic rings. The topological polar surface area (TPSA) is 44.5 Å². The fourth-order valence-electron chi connectivity index (χ4n) is 1.82. The first kappa shape index (κ1) is 15.6. The number of ether oxygens (including phenoxy) is 2. The molecule has 0 saturated carbocycles. The monoisotopic (exact) mass is 263 g/mol. The highest BCUT2D eigenvalue weighted by Crippen LogP contribution is 2.28. The summed E-state index contributed by atoms with van der Waals surface area (Å²) in [5.41, 5.74) is 7.15. The molecule has 1 atom stereocenters. The molecule has 0 bridgehead atoms. The molecule has 19 heavy (non-hydrogen) atoms. The van der Waals surface area contributed by atoms with Crippen LogP contribution < -0.4 is 15.2 Å². The summed E-state index contributed by atoms with van der Waals surface area (Å²) < 4.78 is 11.1. The van der Waals surface area contributed by atoms with Crippen molar-refractivity contribution in [3.05, 3.63) is 36.4 Å². The van der Waals surface area contributed by atoms with Crippen LogP contribution in [0.1, 0.15) is 31.7 Å². The summed E-state index contributed by atoms with van der Waals surface area (Å²) in [6.07, 6.45) is 5.67. The van der Waals surface area contributed by atoms with Gasteiger partial charge in [0.05, 0.1) is 13.7 Å². The number of methoxy groups -OCH3 is 1. The van der Waals surface area contributed by atoms with Crippen molar-refractivity contribution in [3.63, 3.8) is 0 Å². The highest BCUT2D eigenvalue weighted by molar-refractivity contribution is 5.43. The Morgan fingerprint density at radius 2 is 2.16 bits per heavy atom. The number of rotatable bonds is 9. The first-order valence-electron chi connectivity index (χ1n) is 6.87. The maximum absolute atomic E-state index is 5.97. The van der Waals surface area contributed by atoms with Gasteiger partial charge < -0.3 is 15.2 Å². The lowest BCUT2D eigenvalue weighted by Gasteiger charge is -2.13. The average molecular weight is 263 g/mol. The van der Waals surface area contributed by atoms with E-state index in [2.05, 4.69) is 19.6 Å². The third-order valence-electron chi connectivity index (χ3n) is 3.06. The van der Waals surface area contributed by atoms with E-state index < -0.39 is 0 Å². The molecule has 1 aromatic rings. The van der Waals surface area contributed by atoms with Crippen molar-refractivity contribution < 1.29 is 9.47 Å². The van der Waals surface area contributed by atoms with Crippen molar-refractivity contribution in [2.24, 2.45) is 5.73 Å². The maximum Gasteiger partial charge on any atom is 0.161 e. The molecule has 0 fully saturated rings. The van der Waals surface area contributed by atoms with Gasteiger partial charge in [-0.1, -0.05) is 19.1 Å². The number of hydrogen-bond donors (Lipinski definition) is 1. The Morgan fingerprint density at radius 1 is 1.37 bits per heavy atom.